The van der Waals surface area contributed by atoms with Gasteiger partial charge >= 0.3 is 5.69 Å². The Morgan fingerprint density at radius 1 is 1.13 bits per heavy atom. The second kappa shape index (κ2) is 9.77. The van der Waals surface area contributed by atoms with Crippen LogP contribution in [0.15, 0.2) is 47.5 Å². The van der Waals surface area contributed by atoms with Crippen LogP contribution in [0, 0.1) is 6.92 Å². The normalized spacial score (nSPS) is 19.8. The van der Waals surface area contributed by atoms with Crippen molar-refractivity contribution in [2.24, 2.45) is 0 Å². The Labute approximate surface area is 184 Å². The number of hydrogen-bond donors (Lipinski definition) is 1. The first-order valence-electron chi connectivity index (χ1n) is 11.6. The molecule has 1 aliphatic heterocycles. The summed E-state index contributed by atoms with van der Waals surface area (Å²) in [5, 5.41) is 3.11. The maximum Gasteiger partial charge on any atom is 0.347 e. The number of hydrogen-bond acceptors (Lipinski definition) is 4. The van der Waals surface area contributed by atoms with E-state index in [1.165, 1.54) is 54.0 Å². The molecule has 1 aliphatic carbocycles. The van der Waals surface area contributed by atoms with E-state index in [-0.39, 0.29) is 29.6 Å². The fourth-order valence-corrected chi connectivity index (χ4v) is 5.27. The van der Waals surface area contributed by atoms with Crippen molar-refractivity contribution in [1.29, 1.82) is 0 Å². The third-order valence-electron chi connectivity index (χ3n) is 7.05. The summed E-state index contributed by atoms with van der Waals surface area (Å²) in [6.07, 6.45) is 11.5. The highest BCUT2D eigenvalue weighted by atomic mass is 16.2. The Morgan fingerprint density at radius 3 is 2.52 bits per heavy atom. The van der Waals surface area contributed by atoms with Crippen molar-refractivity contribution in [2.45, 2.75) is 69.9 Å². The fourth-order valence-electron chi connectivity index (χ4n) is 5.27. The van der Waals surface area contributed by atoms with Crippen LogP contribution >= 0.6 is 0 Å². The molecule has 1 saturated carbocycles. The number of carbonyl (C=O) groups excluding carboxylic acids is 1. The average Bonchev–Trinajstić information content (AvgIpc) is 2.78. The van der Waals surface area contributed by atoms with Crippen LogP contribution in [0.5, 0.6) is 0 Å². The molecule has 0 atom stereocenters. The molecule has 1 N–H and O–H groups in total. The zero-order valence-corrected chi connectivity index (χ0v) is 18.6. The molecule has 1 amide bonds. The number of aryl methyl sites for hydroxylation is 1. The maximum absolute atomic E-state index is 12.4. The van der Waals surface area contributed by atoms with Gasteiger partial charge in [0.25, 0.3) is 0 Å². The third kappa shape index (κ3) is 5.42. The molecule has 6 nitrogen and oxygen atoms in total. The lowest BCUT2D eigenvalue weighted by Gasteiger charge is -2.44. The Morgan fingerprint density at radius 2 is 1.84 bits per heavy atom. The van der Waals surface area contributed by atoms with Crippen molar-refractivity contribution in [3.8, 4) is 0 Å². The minimum absolute atomic E-state index is 0.0312. The molecule has 31 heavy (non-hydrogen) atoms. The van der Waals surface area contributed by atoms with Gasteiger partial charge in [-0.2, -0.15) is 0 Å². The summed E-state index contributed by atoms with van der Waals surface area (Å²) in [7, 11) is 0. The average molecular weight is 423 g/mol. The highest BCUT2D eigenvalue weighted by Gasteiger charge is 2.36. The third-order valence-corrected chi connectivity index (χ3v) is 7.05. The van der Waals surface area contributed by atoms with Gasteiger partial charge in [0, 0.05) is 43.5 Å². The molecule has 1 aromatic heterocycles. The van der Waals surface area contributed by atoms with E-state index in [0.29, 0.717) is 0 Å². The number of carbonyl (C=O) groups is 1. The summed E-state index contributed by atoms with van der Waals surface area (Å²) in [6.45, 7) is 5.31. The van der Waals surface area contributed by atoms with Gasteiger partial charge in [-0.05, 0) is 44.2 Å². The first-order chi connectivity index (χ1) is 15.0. The monoisotopic (exact) mass is 422 g/mol. The number of aromatic nitrogens is 2. The van der Waals surface area contributed by atoms with Crippen LogP contribution in [-0.4, -0.2) is 46.0 Å². The molecule has 166 valence electrons. The van der Waals surface area contributed by atoms with Gasteiger partial charge in [0.1, 0.15) is 6.54 Å². The van der Waals surface area contributed by atoms with Crippen molar-refractivity contribution in [2.75, 3.05) is 19.6 Å². The summed E-state index contributed by atoms with van der Waals surface area (Å²) in [4.78, 5) is 30.4. The van der Waals surface area contributed by atoms with Crippen LogP contribution in [-0.2, 0) is 16.8 Å². The summed E-state index contributed by atoms with van der Waals surface area (Å²) in [6, 6.07) is 11.0. The molecule has 1 saturated heterocycles. The molecule has 0 unspecified atom stereocenters. The van der Waals surface area contributed by atoms with Gasteiger partial charge in [-0.25, -0.2) is 9.78 Å². The van der Waals surface area contributed by atoms with Crippen molar-refractivity contribution >= 4 is 5.91 Å². The molecule has 6 heteroatoms. The molecule has 0 bridgehead atoms. The molecule has 1 aromatic carbocycles. The summed E-state index contributed by atoms with van der Waals surface area (Å²) < 4.78 is 1.35. The highest BCUT2D eigenvalue weighted by Crippen LogP contribution is 2.40. The van der Waals surface area contributed by atoms with E-state index < -0.39 is 0 Å². The van der Waals surface area contributed by atoms with Gasteiger partial charge in [0.05, 0.1) is 0 Å². The topological polar surface area (TPSA) is 67.2 Å². The molecule has 0 spiro atoms. The minimum atomic E-state index is -0.388. The first-order valence-corrected chi connectivity index (χ1v) is 11.6. The Bertz CT molecular complexity index is 923. The molecular weight excluding hydrogens is 388 g/mol. The second-order valence-corrected chi connectivity index (χ2v) is 9.36. The van der Waals surface area contributed by atoms with Crippen molar-refractivity contribution < 1.29 is 4.79 Å². The van der Waals surface area contributed by atoms with Crippen LogP contribution in [0.4, 0.5) is 0 Å². The van der Waals surface area contributed by atoms with Crippen molar-refractivity contribution in [1.82, 2.24) is 19.8 Å². The molecule has 4 rings (SSSR count). The smallest absolute Gasteiger partial charge is 0.347 e. The number of amides is 1. The van der Waals surface area contributed by atoms with E-state index in [1.807, 2.05) is 0 Å². The van der Waals surface area contributed by atoms with Gasteiger partial charge in [-0.3, -0.25) is 9.36 Å². The maximum atomic E-state index is 12.4. The molecular formula is C25H34N4O2. The van der Waals surface area contributed by atoms with Gasteiger partial charge in [-0.1, -0.05) is 49.1 Å². The van der Waals surface area contributed by atoms with E-state index in [9.17, 15) is 9.59 Å². The molecule has 2 aromatic rings. The van der Waals surface area contributed by atoms with Gasteiger partial charge < -0.3 is 10.2 Å². The van der Waals surface area contributed by atoms with Gasteiger partial charge in [0.2, 0.25) is 5.91 Å². The van der Waals surface area contributed by atoms with Crippen LogP contribution in [0.3, 0.4) is 0 Å². The van der Waals surface area contributed by atoms with Gasteiger partial charge in [0.15, 0.2) is 0 Å². The largest absolute Gasteiger partial charge is 0.352 e. The van der Waals surface area contributed by atoms with Crippen LogP contribution in [0.25, 0.3) is 0 Å². The summed E-state index contributed by atoms with van der Waals surface area (Å²) in [5.41, 5.74) is 2.69. The number of nitrogens with zero attached hydrogens (tertiary/aromatic N) is 3. The number of rotatable bonds is 6. The number of piperidine rings is 1. The Balaban J connectivity index is 1.32. The predicted octanol–water partition coefficient (Wildman–Crippen LogP) is 3.03. The van der Waals surface area contributed by atoms with Crippen molar-refractivity contribution in [3.05, 3.63) is 64.3 Å². The lowest BCUT2D eigenvalue weighted by atomic mass is 9.69. The first kappa shape index (κ1) is 21.8. The van der Waals surface area contributed by atoms with Crippen molar-refractivity contribution in [3.63, 3.8) is 0 Å². The van der Waals surface area contributed by atoms with E-state index in [4.69, 9.17) is 0 Å². The number of nitrogens with one attached hydrogen (secondary N) is 1. The van der Waals surface area contributed by atoms with Gasteiger partial charge in [-0.15, -0.1) is 0 Å². The van der Waals surface area contributed by atoms with E-state index in [1.54, 1.807) is 12.3 Å². The van der Waals surface area contributed by atoms with E-state index in [2.05, 4.69) is 46.4 Å². The highest BCUT2D eigenvalue weighted by molar-refractivity contribution is 5.76. The standard InChI is InChI=1S/C25H34N4O2/c1-20-6-8-21(9-7-20)25(12-3-2-4-13-25)19-28-16-10-22(11-17-28)27-23(30)18-29-15-5-14-26-24(29)31/h5-9,14-15,22H,2-4,10-13,16-19H2,1H3,(H,27,30). The van der Waals surface area contributed by atoms with E-state index in [0.717, 1.165) is 32.5 Å². The Hall–Kier alpha value is -2.47. The molecule has 0 radical (unpaired) electrons. The minimum Gasteiger partial charge on any atom is -0.352 e. The molecule has 2 aliphatic rings. The van der Waals surface area contributed by atoms with Crippen LogP contribution in [0.2, 0.25) is 0 Å². The molecule has 2 fully saturated rings. The lowest BCUT2D eigenvalue weighted by Crippen LogP contribution is -2.50. The fraction of sp³-hybridized carbons (Fsp3) is 0.560. The molecule has 2 heterocycles. The number of benzene rings is 1. The summed E-state index contributed by atoms with van der Waals surface area (Å²) >= 11 is 0. The predicted molar refractivity (Wildman–Crippen MR) is 122 cm³/mol. The zero-order chi connectivity index (χ0) is 21.7. The summed E-state index contributed by atoms with van der Waals surface area (Å²) in [5.74, 6) is -0.114. The number of likely N-dealkylation sites (tertiary alicyclic amines) is 1. The second-order valence-electron chi connectivity index (χ2n) is 9.36. The Kier molecular flexibility index (Phi) is 6.86. The SMILES string of the molecule is Cc1ccc(C2(CN3CCC(NC(=O)Cn4cccnc4=O)CC3)CCCCC2)cc1. The van der Waals surface area contributed by atoms with E-state index >= 15 is 0 Å². The lowest BCUT2D eigenvalue weighted by molar-refractivity contribution is -0.122. The van der Waals surface area contributed by atoms with Crippen LogP contribution in [0.1, 0.15) is 56.1 Å². The van der Waals surface area contributed by atoms with Crippen LogP contribution < -0.4 is 11.0 Å². The zero-order valence-electron chi connectivity index (χ0n) is 18.6. The quantitative estimate of drug-likeness (QED) is 0.777.